The molecule has 0 unspecified atom stereocenters. The Morgan fingerprint density at radius 1 is 1.30 bits per heavy atom. The highest BCUT2D eigenvalue weighted by atomic mass is 79.9. The SMILES string of the molecule is CCc1cc(Br)c(OCC(=O)N2CCOCC2)c(Br)c1. The lowest BCUT2D eigenvalue weighted by atomic mass is 10.2. The third-order valence-corrected chi connectivity index (χ3v) is 4.35. The van der Waals surface area contributed by atoms with Crippen LogP contribution in [-0.2, 0) is 16.0 Å². The summed E-state index contributed by atoms with van der Waals surface area (Å²) in [5.41, 5.74) is 1.20. The molecule has 1 aliphatic heterocycles. The first-order valence-electron chi connectivity index (χ1n) is 6.58. The lowest BCUT2D eigenvalue weighted by Crippen LogP contribution is -2.43. The Labute approximate surface area is 135 Å². The lowest BCUT2D eigenvalue weighted by molar-refractivity contribution is -0.137. The standard InChI is InChI=1S/C14H17Br2NO3/c1-2-10-7-11(15)14(12(16)8-10)20-9-13(18)17-3-5-19-6-4-17/h7-8H,2-6,9H2,1H3. The van der Waals surface area contributed by atoms with Crippen molar-refractivity contribution in [3.63, 3.8) is 0 Å². The molecule has 6 heteroatoms. The first-order chi connectivity index (χ1) is 9.61. The minimum absolute atomic E-state index is 0.00771. The van der Waals surface area contributed by atoms with Crippen molar-refractivity contribution in [2.24, 2.45) is 0 Å². The smallest absolute Gasteiger partial charge is 0.260 e. The molecular formula is C14H17Br2NO3. The fraction of sp³-hybridized carbons (Fsp3) is 0.500. The van der Waals surface area contributed by atoms with Crippen LogP contribution < -0.4 is 4.74 Å². The zero-order chi connectivity index (χ0) is 14.5. The number of amides is 1. The second kappa shape index (κ2) is 7.43. The number of hydrogen-bond acceptors (Lipinski definition) is 3. The number of carbonyl (C=O) groups excluding carboxylic acids is 1. The Kier molecular flexibility index (Phi) is 5.86. The van der Waals surface area contributed by atoms with E-state index in [-0.39, 0.29) is 12.5 Å². The average molecular weight is 407 g/mol. The number of nitrogens with zero attached hydrogens (tertiary/aromatic N) is 1. The number of benzene rings is 1. The van der Waals surface area contributed by atoms with Crippen molar-refractivity contribution in [3.05, 3.63) is 26.6 Å². The normalized spacial score (nSPS) is 15.2. The van der Waals surface area contributed by atoms with E-state index in [2.05, 4.69) is 38.8 Å². The third-order valence-electron chi connectivity index (χ3n) is 3.17. The van der Waals surface area contributed by atoms with Crippen molar-refractivity contribution < 1.29 is 14.3 Å². The van der Waals surface area contributed by atoms with E-state index in [1.165, 1.54) is 5.56 Å². The van der Waals surface area contributed by atoms with Gasteiger partial charge in [0.2, 0.25) is 0 Å². The van der Waals surface area contributed by atoms with Crippen molar-refractivity contribution in [3.8, 4) is 5.75 Å². The van der Waals surface area contributed by atoms with Gasteiger partial charge in [0.1, 0.15) is 5.75 Å². The van der Waals surface area contributed by atoms with Crippen LogP contribution in [0.4, 0.5) is 0 Å². The van der Waals surface area contributed by atoms with Crippen molar-refractivity contribution in [1.29, 1.82) is 0 Å². The molecule has 0 saturated carbocycles. The van der Waals surface area contributed by atoms with E-state index >= 15 is 0 Å². The van der Waals surface area contributed by atoms with E-state index in [9.17, 15) is 4.79 Å². The molecular weight excluding hydrogens is 390 g/mol. The highest BCUT2D eigenvalue weighted by Crippen LogP contribution is 2.34. The second-order valence-corrected chi connectivity index (χ2v) is 6.23. The molecule has 1 fully saturated rings. The minimum Gasteiger partial charge on any atom is -0.481 e. The largest absolute Gasteiger partial charge is 0.481 e. The van der Waals surface area contributed by atoms with E-state index in [0.717, 1.165) is 15.4 Å². The Morgan fingerprint density at radius 3 is 2.45 bits per heavy atom. The minimum atomic E-state index is -0.00771. The summed E-state index contributed by atoms with van der Waals surface area (Å²) in [4.78, 5) is 13.8. The van der Waals surface area contributed by atoms with Gasteiger partial charge in [-0.3, -0.25) is 4.79 Å². The molecule has 0 spiro atoms. The Hall–Kier alpha value is -0.590. The van der Waals surface area contributed by atoms with Gasteiger partial charge in [-0.15, -0.1) is 0 Å². The Morgan fingerprint density at radius 2 is 1.90 bits per heavy atom. The van der Waals surface area contributed by atoms with Crippen LogP contribution >= 0.6 is 31.9 Å². The molecule has 1 aliphatic rings. The first kappa shape index (κ1) is 15.8. The lowest BCUT2D eigenvalue weighted by Gasteiger charge is -2.26. The summed E-state index contributed by atoms with van der Waals surface area (Å²) in [5.74, 6) is 0.662. The van der Waals surface area contributed by atoms with Gasteiger partial charge in [0.05, 0.1) is 22.2 Å². The number of aryl methyl sites for hydroxylation is 1. The summed E-state index contributed by atoms with van der Waals surface area (Å²) in [6, 6.07) is 4.03. The molecule has 20 heavy (non-hydrogen) atoms. The van der Waals surface area contributed by atoms with Gasteiger partial charge in [-0.1, -0.05) is 6.92 Å². The highest BCUT2D eigenvalue weighted by Gasteiger charge is 2.18. The maximum Gasteiger partial charge on any atom is 0.260 e. The molecule has 0 N–H and O–H groups in total. The molecule has 0 bridgehead atoms. The number of halogens is 2. The number of carbonyl (C=O) groups is 1. The number of morpholine rings is 1. The summed E-state index contributed by atoms with van der Waals surface area (Å²) in [7, 11) is 0. The fourth-order valence-electron chi connectivity index (χ4n) is 1.99. The monoisotopic (exact) mass is 405 g/mol. The molecule has 1 aromatic carbocycles. The third kappa shape index (κ3) is 3.96. The molecule has 1 saturated heterocycles. The maximum absolute atomic E-state index is 12.0. The van der Waals surface area contributed by atoms with Gasteiger partial charge >= 0.3 is 0 Å². The molecule has 0 aliphatic carbocycles. The van der Waals surface area contributed by atoms with Crippen molar-refractivity contribution in [2.75, 3.05) is 32.9 Å². The van der Waals surface area contributed by atoms with Gasteiger partial charge in [0.15, 0.2) is 6.61 Å². The number of ether oxygens (including phenoxy) is 2. The van der Waals surface area contributed by atoms with Gasteiger partial charge in [0.25, 0.3) is 5.91 Å². The quantitative estimate of drug-likeness (QED) is 0.771. The van der Waals surface area contributed by atoms with Crippen LogP contribution in [0.3, 0.4) is 0 Å². The first-order valence-corrected chi connectivity index (χ1v) is 8.16. The Bertz CT molecular complexity index is 464. The van der Waals surface area contributed by atoms with E-state index in [1.54, 1.807) is 4.90 Å². The molecule has 0 aromatic heterocycles. The molecule has 1 aromatic rings. The van der Waals surface area contributed by atoms with E-state index in [1.807, 2.05) is 12.1 Å². The summed E-state index contributed by atoms with van der Waals surface area (Å²) < 4.78 is 12.6. The average Bonchev–Trinajstić information content (AvgIpc) is 2.46. The fourth-order valence-corrected chi connectivity index (χ4v) is 3.50. The molecule has 110 valence electrons. The van der Waals surface area contributed by atoms with Crippen LogP contribution in [0.25, 0.3) is 0 Å². The summed E-state index contributed by atoms with van der Waals surface area (Å²) in [6.45, 7) is 4.62. The van der Waals surface area contributed by atoms with Gasteiger partial charge in [0, 0.05) is 13.1 Å². The molecule has 2 rings (SSSR count). The Balaban J connectivity index is 1.98. The van der Waals surface area contributed by atoms with Crippen LogP contribution in [-0.4, -0.2) is 43.7 Å². The van der Waals surface area contributed by atoms with Gasteiger partial charge in [-0.2, -0.15) is 0 Å². The summed E-state index contributed by atoms with van der Waals surface area (Å²) in [5, 5.41) is 0. The van der Waals surface area contributed by atoms with Gasteiger partial charge in [-0.25, -0.2) is 0 Å². The number of hydrogen-bond donors (Lipinski definition) is 0. The highest BCUT2D eigenvalue weighted by molar-refractivity contribution is 9.11. The van der Waals surface area contributed by atoms with Crippen LogP contribution in [0.1, 0.15) is 12.5 Å². The molecule has 1 amide bonds. The number of rotatable bonds is 4. The van der Waals surface area contributed by atoms with E-state index in [0.29, 0.717) is 32.1 Å². The van der Waals surface area contributed by atoms with Crippen molar-refractivity contribution in [2.45, 2.75) is 13.3 Å². The van der Waals surface area contributed by atoms with E-state index in [4.69, 9.17) is 9.47 Å². The van der Waals surface area contributed by atoms with Crippen LogP contribution in [0.15, 0.2) is 21.1 Å². The maximum atomic E-state index is 12.0. The predicted octanol–water partition coefficient (Wildman–Crippen LogP) is 3.01. The summed E-state index contributed by atoms with van der Waals surface area (Å²) >= 11 is 6.97. The molecule has 0 radical (unpaired) electrons. The van der Waals surface area contributed by atoms with Crippen LogP contribution in [0.5, 0.6) is 5.75 Å². The van der Waals surface area contributed by atoms with Crippen molar-refractivity contribution in [1.82, 2.24) is 4.90 Å². The molecule has 4 nitrogen and oxygen atoms in total. The zero-order valence-electron chi connectivity index (χ0n) is 11.3. The zero-order valence-corrected chi connectivity index (χ0v) is 14.5. The van der Waals surface area contributed by atoms with Gasteiger partial charge in [-0.05, 0) is 56.0 Å². The van der Waals surface area contributed by atoms with Crippen LogP contribution in [0, 0.1) is 0 Å². The second-order valence-electron chi connectivity index (χ2n) is 4.52. The van der Waals surface area contributed by atoms with Crippen LogP contribution in [0.2, 0.25) is 0 Å². The molecule has 0 atom stereocenters. The van der Waals surface area contributed by atoms with Gasteiger partial charge < -0.3 is 14.4 Å². The summed E-state index contributed by atoms with van der Waals surface area (Å²) in [6.07, 6.45) is 0.949. The van der Waals surface area contributed by atoms with Crippen molar-refractivity contribution >= 4 is 37.8 Å². The predicted molar refractivity (Wildman–Crippen MR) is 84.1 cm³/mol. The van der Waals surface area contributed by atoms with E-state index < -0.39 is 0 Å². The molecule has 1 heterocycles. The topological polar surface area (TPSA) is 38.8 Å².